The molecule has 2 aliphatic rings. The van der Waals surface area contributed by atoms with Crippen LogP contribution in [0.3, 0.4) is 0 Å². The van der Waals surface area contributed by atoms with E-state index >= 15 is 0 Å². The van der Waals surface area contributed by atoms with Crippen molar-refractivity contribution in [2.75, 3.05) is 16.4 Å². The number of aryl methyl sites for hydroxylation is 2. The number of carbonyl (C=O) groups excluding carboxylic acids is 1. The minimum Gasteiger partial charge on any atom is -0.315 e. The van der Waals surface area contributed by atoms with Crippen molar-refractivity contribution in [2.45, 2.75) is 51.8 Å². The number of fused-ring (bicyclic) bond motifs is 1. The van der Waals surface area contributed by atoms with Crippen LogP contribution in [0.2, 0.25) is 0 Å². The number of anilines is 1. The minimum absolute atomic E-state index is 0.0627. The van der Waals surface area contributed by atoms with Crippen molar-refractivity contribution in [3.63, 3.8) is 0 Å². The molecule has 0 radical (unpaired) electrons. The van der Waals surface area contributed by atoms with Gasteiger partial charge in [0.1, 0.15) is 0 Å². The first-order chi connectivity index (χ1) is 12.3. The molecule has 0 bridgehead atoms. The average molecular weight is 395 g/mol. The van der Waals surface area contributed by atoms with Crippen molar-refractivity contribution < 1.29 is 13.2 Å². The number of nitrogens with zero attached hydrogens (tertiary/aromatic N) is 2. The molecule has 1 aromatic rings. The number of thioether (sulfide) groups is 1. The molecule has 2 heterocycles. The van der Waals surface area contributed by atoms with Crippen molar-refractivity contribution in [1.82, 2.24) is 0 Å². The van der Waals surface area contributed by atoms with Crippen LogP contribution in [-0.4, -0.2) is 42.3 Å². The van der Waals surface area contributed by atoms with Crippen LogP contribution in [0, 0.1) is 19.8 Å². The number of sulfone groups is 1. The third kappa shape index (κ3) is 3.56. The zero-order chi connectivity index (χ0) is 19.1. The SMILES string of the molecule is CCC(CC)C(=O)N=C1S[C@@H]2CS(=O)(=O)C[C@H]2N1c1c(C)cccc1C. The fourth-order valence-electron chi connectivity index (χ4n) is 3.84. The molecule has 1 amide bonds. The second-order valence-electron chi connectivity index (χ2n) is 7.16. The molecule has 2 fully saturated rings. The van der Waals surface area contributed by atoms with Crippen LogP contribution >= 0.6 is 11.8 Å². The number of rotatable bonds is 4. The molecule has 0 aromatic heterocycles. The highest BCUT2D eigenvalue weighted by Crippen LogP contribution is 2.43. The van der Waals surface area contributed by atoms with Gasteiger partial charge in [0.25, 0.3) is 5.91 Å². The van der Waals surface area contributed by atoms with Gasteiger partial charge in [-0.1, -0.05) is 43.8 Å². The number of benzene rings is 1. The van der Waals surface area contributed by atoms with Crippen LogP contribution in [0.4, 0.5) is 5.69 Å². The lowest BCUT2D eigenvalue weighted by Crippen LogP contribution is -2.38. The predicted octanol–water partition coefficient (Wildman–Crippen LogP) is 3.34. The first-order valence-corrected chi connectivity index (χ1v) is 11.8. The Morgan fingerprint density at radius 3 is 2.42 bits per heavy atom. The molecule has 5 nitrogen and oxygen atoms in total. The van der Waals surface area contributed by atoms with E-state index in [0.717, 1.165) is 29.7 Å². The fraction of sp³-hybridized carbons (Fsp3) is 0.579. The molecule has 1 aromatic carbocycles. The summed E-state index contributed by atoms with van der Waals surface area (Å²) in [5.41, 5.74) is 3.12. The van der Waals surface area contributed by atoms with E-state index in [9.17, 15) is 13.2 Å². The Labute approximate surface area is 160 Å². The van der Waals surface area contributed by atoms with Gasteiger partial charge in [-0.25, -0.2) is 8.42 Å². The Hall–Kier alpha value is -1.34. The number of hydrogen-bond donors (Lipinski definition) is 0. The molecule has 2 atom stereocenters. The quantitative estimate of drug-likeness (QED) is 0.783. The summed E-state index contributed by atoms with van der Waals surface area (Å²) in [6, 6.07) is 5.87. The molecule has 0 unspecified atom stereocenters. The van der Waals surface area contributed by atoms with E-state index in [0.29, 0.717) is 5.17 Å². The van der Waals surface area contributed by atoms with Gasteiger partial charge in [0, 0.05) is 16.9 Å². The average Bonchev–Trinajstić information content (AvgIpc) is 3.01. The van der Waals surface area contributed by atoms with Crippen LogP contribution in [0.1, 0.15) is 37.8 Å². The molecule has 2 saturated heterocycles. The van der Waals surface area contributed by atoms with E-state index in [1.54, 1.807) is 0 Å². The summed E-state index contributed by atoms with van der Waals surface area (Å²) in [6.45, 7) is 8.03. The smallest absolute Gasteiger partial charge is 0.251 e. The van der Waals surface area contributed by atoms with Crippen molar-refractivity contribution in [1.29, 1.82) is 0 Å². The predicted molar refractivity (Wildman–Crippen MR) is 109 cm³/mol. The maximum Gasteiger partial charge on any atom is 0.251 e. The van der Waals surface area contributed by atoms with Gasteiger partial charge in [0.2, 0.25) is 0 Å². The van der Waals surface area contributed by atoms with E-state index in [1.165, 1.54) is 11.8 Å². The van der Waals surface area contributed by atoms with E-state index < -0.39 is 9.84 Å². The van der Waals surface area contributed by atoms with Crippen molar-refractivity contribution >= 4 is 38.4 Å². The van der Waals surface area contributed by atoms with Gasteiger partial charge in [-0.3, -0.25) is 4.79 Å². The molecule has 0 spiro atoms. The molecule has 142 valence electrons. The van der Waals surface area contributed by atoms with E-state index in [1.807, 2.05) is 50.8 Å². The van der Waals surface area contributed by atoms with Gasteiger partial charge in [0.15, 0.2) is 15.0 Å². The van der Waals surface area contributed by atoms with Gasteiger partial charge in [-0.15, -0.1) is 0 Å². The molecule has 26 heavy (non-hydrogen) atoms. The summed E-state index contributed by atoms with van der Waals surface area (Å²) in [5, 5.41) is 0.594. The molecule has 3 rings (SSSR count). The first-order valence-electron chi connectivity index (χ1n) is 9.12. The lowest BCUT2D eigenvalue weighted by atomic mass is 10.0. The Balaban J connectivity index is 2.06. The van der Waals surface area contributed by atoms with Crippen molar-refractivity contribution in [3.8, 4) is 0 Å². The standard InChI is InChI=1S/C19H26N2O3S2/c1-5-14(6-2)18(22)20-19-21(17-12(3)8-7-9-13(17)4)15-10-26(23,24)11-16(15)25-19/h7-9,14-16H,5-6,10-11H2,1-4H3/t15-,16-/m1/s1. The Morgan fingerprint density at radius 2 is 1.85 bits per heavy atom. The first kappa shape index (κ1) is 19.4. The monoisotopic (exact) mass is 394 g/mol. The number of carbonyl (C=O) groups is 1. The minimum atomic E-state index is -3.05. The zero-order valence-electron chi connectivity index (χ0n) is 15.7. The lowest BCUT2D eigenvalue weighted by molar-refractivity contribution is -0.121. The number of amidine groups is 1. The van der Waals surface area contributed by atoms with E-state index in [4.69, 9.17) is 0 Å². The van der Waals surface area contributed by atoms with Crippen LogP contribution in [0.15, 0.2) is 23.2 Å². The summed E-state index contributed by atoms with van der Waals surface area (Å²) in [4.78, 5) is 19.1. The third-order valence-corrected chi connectivity index (χ3v) is 8.50. The maximum atomic E-state index is 12.6. The summed E-state index contributed by atoms with van der Waals surface area (Å²) >= 11 is 1.45. The van der Waals surface area contributed by atoms with E-state index in [2.05, 4.69) is 4.99 Å². The third-order valence-electron chi connectivity index (χ3n) is 5.29. The highest BCUT2D eigenvalue weighted by molar-refractivity contribution is 8.16. The largest absolute Gasteiger partial charge is 0.315 e. The molecular weight excluding hydrogens is 368 g/mol. The number of hydrogen-bond acceptors (Lipinski definition) is 4. The lowest BCUT2D eigenvalue weighted by Gasteiger charge is -2.28. The number of para-hydroxylation sites is 1. The molecule has 0 N–H and O–H groups in total. The van der Waals surface area contributed by atoms with Crippen LogP contribution in [0.5, 0.6) is 0 Å². The maximum absolute atomic E-state index is 12.6. The Bertz CT molecular complexity index is 824. The number of amides is 1. The van der Waals surface area contributed by atoms with Gasteiger partial charge < -0.3 is 4.90 Å². The van der Waals surface area contributed by atoms with Crippen LogP contribution in [0.25, 0.3) is 0 Å². The van der Waals surface area contributed by atoms with Crippen molar-refractivity contribution in [3.05, 3.63) is 29.3 Å². The molecule has 0 saturated carbocycles. The highest BCUT2D eigenvalue weighted by atomic mass is 32.2. The van der Waals surface area contributed by atoms with Gasteiger partial charge >= 0.3 is 0 Å². The van der Waals surface area contributed by atoms with Gasteiger partial charge in [-0.05, 0) is 37.8 Å². The summed E-state index contributed by atoms with van der Waals surface area (Å²) in [7, 11) is -3.05. The van der Waals surface area contributed by atoms with Gasteiger partial charge in [0.05, 0.1) is 17.5 Å². The highest BCUT2D eigenvalue weighted by Gasteiger charge is 2.50. The van der Waals surface area contributed by atoms with Gasteiger partial charge in [-0.2, -0.15) is 4.99 Å². The summed E-state index contributed by atoms with van der Waals surface area (Å²) < 4.78 is 24.3. The summed E-state index contributed by atoms with van der Waals surface area (Å²) in [6.07, 6.45) is 1.53. The van der Waals surface area contributed by atoms with Crippen LogP contribution < -0.4 is 4.90 Å². The molecule has 2 aliphatic heterocycles. The normalized spacial score (nSPS) is 25.9. The van der Waals surface area contributed by atoms with Crippen LogP contribution in [-0.2, 0) is 14.6 Å². The van der Waals surface area contributed by atoms with Crippen molar-refractivity contribution in [2.24, 2.45) is 10.9 Å². The topological polar surface area (TPSA) is 66.8 Å². The van der Waals surface area contributed by atoms with E-state index in [-0.39, 0.29) is 34.6 Å². The molecule has 7 heteroatoms. The zero-order valence-corrected chi connectivity index (χ0v) is 17.4. The number of aliphatic imine (C=N–C) groups is 1. The Kier molecular flexibility index (Phi) is 5.49. The second kappa shape index (κ2) is 7.35. The summed E-state index contributed by atoms with van der Waals surface area (Å²) in [5.74, 6) is 0.0992. The second-order valence-corrected chi connectivity index (χ2v) is 10.5. The molecular formula is C19H26N2O3S2. The molecule has 0 aliphatic carbocycles. The fourth-order valence-corrected chi connectivity index (χ4v) is 7.74. The Morgan fingerprint density at radius 1 is 1.23 bits per heavy atom.